The standard InChI is InChI=1S/C21H21NO2/c1-12-7-8-16(13(2)9-12)20(23)21-19(22)17-10-14-5-3-4-6-15(14)11-18(17)24-21/h7-11H,3-6,22H2,1-2H3. The van der Waals surface area contributed by atoms with Gasteiger partial charge in [0.05, 0.1) is 5.69 Å². The Morgan fingerprint density at radius 3 is 2.46 bits per heavy atom. The predicted molar refractivity (Wildman–Crippen MR) is 96.6 cm³/mol. The van der Waals surface area contributed by atoms with E-state index in [0.717, 1.165) is 34.9 Å². The summed E-state index contributed by atoms with van der Waals surface area (Å²) in [4.78, 5) is 12.9. The Morgan fingerprint density at radius 2 is 1.75 bits per heavy atom. The van der Waals surface area contributed by atoms with Crippen molar-refractivity contribution in [2.75, 3.05) is 5.73 Å². The van der Waals surface area contributed by atoms with Crippen LogP contribution in [0.15, 0.2) is 34.7 Å². The van der Waals surface area contributed by atoms with Crippen LogP contribution in [0.25, 0.3) is 11.0 Å². The smallest absolute Gasteiger partial charge is 0.230 e. The second-order valence-corrected chi connectivity index (χ2v) is 6.82. The van der Waals surface area contributed by atoms with Crippen LogP contribution in [0.5, 0.6) is 0 Å². The zero-order valence-corrected chi connectivity index (χ0v) is 14.1. The molecule has 0 saturated carbocycles. The molecule has 0 atom stereocenters. The van der Waals surface area contributed by atoms with Gasteiger partial charge in [-0.05, 0) is 68.4 Å². The molecule has 3 aromatic rings. The molecule has 0 radical (unpaired) electrons. The lowest BCUT2D eigenvalue weighted by Crippen LogP contribution is -2.05. The molecule has 1 aliphatic rings. The van der Waals surface area contributed by atoms with E-state index in [1.165, 1.54) is 24.0 Å². The van der Waals surface area contributed by atoms with Gasteiger partial charge in [-0.3, -0.25) is 4.79 Å². The molecule has 2 N–H and O–H groups in total. The SMILES string of the molecule is Cc1ccc(C(=O)c2oc3cc4c(cc3c2N)CCCC4)c(C)c1. The molecule has 1 aromatic heterocycles. The minimum Gasteiger partial charge on any atom is -0.450 e. The number of aryl methyl sites for hydroxylation is 4. The van der Waals surface area contributed by atoms with Crippen molar-refractivity contribution in [3.8, 4) is 0 Å². The number of fused-ring (bicyclic) bond motifs is 2. The van der Waals surface area contributed by atoms with Crippen LogP contribution in [0.3, 0.4) is 0 Å². The van der Waals surface area contributed by atoms with Crippen LogP contribution in [-0.4, -0.2) is 5.78 Å². The highest BCUT2D eigenvalue weighted by Crippen LogP contribution is 2.34. The molecule has 4 rings (SSSR count). The van der Waals surface area contributed by atoms with Gasteiger partial charge in [0.25, 0.3) is 0 Å². The van der Waals surface area contributed by atoms with Crippen LogP contribution >= 0.6 is 0 Å². The fraction of sp³-hybridized carbons (Fsp3) is 0.286. The Hall–Kier alpha value is -2.55. The predicted octanol–water partition coefficient (Wildman–Crippen LogP) is 4.74. The van der Waals surface area contributed by atoms with Gasteiger partial charge in [0.15, 0.2) is 5.76 Å². The lowest BCUT2D eigenvalue weighted by molar-refractivity contribution is 0.101. The fourth-order valence-corrected chi connectivity index (χ4v) is 3.70. The molecule has 0 unspecified atom stereocenters. The Balaban J connectivity index is 1.84. The summed E-state index contributed by atoms with van der Waals surface area (Å²) in [5.74, 6) is 0.124. The van der Waals surface area contributed by atoms with E-state index in [1.807, 2.05) is 32.0 Å². The molecule has 0 bridgehead atoms. The second kappa shape index (κ2) is 5.52. The molecule has 24 heavy (non-hydrogen) atoms. The summed E-state index contributed by atoms with van der Waals surface area (Å²) in [5.41, 5.74) is 12.9. The molecule has 0 fully saturated rings. The van der Waals surface area contributed by atoms with E-state index >= 15 is 0 Å². The third-order valence-electron chi connectivity index (χ3n) is 5.02. The Bertz CT molecular complexity index is 966. The molecule has 122 valence electrons. The average molecular weight is 319 g/mol. The van der Waals surface area contributed by atoms with Crippen molar-refractivity contribution in [3.63, 3.8) is 0 Å². The lowest BCUT2D eigenvalue weighted by Gasteiger charge is -2.14. The van der Waals surface area contributed by atoms with Gasteiger partial charge in [0.2, 0.25) is 5.78 Å². The van der Waals surface area contributed by atoms with Crippen molar-refractivity contribution in [2.45, 2.75) is 39.5 Å². The third kappa shape index (κ3) is 2.32. The van der Waals surface area contributed by atoms with Gasteiger partial charge in [0.1, 0.15) is 5.58 Å². The monoisotopic (exact) mass is 319 g/mol. The number of nitrogen functional groups attached to an aromatic ring is 1. The Kier molecular flexibility index (Phi) is 3.45. The zero-order valence-electron chi connectivity index (χ0n) is 14.1. The maximum atomic E-state index is 12.9. The highest BCUT2D eigenvalue weighted by Gasteiger charge is 2.23. The summed E-state index contributed by atoms with van der Waals surface area (Å²) >= 11 is 0. The molecule has 1 aliphatic carbocycles. The Labute approximate surface area is 141 Å². The number of hydrogen-bond acceptors (Lipinski definition) is 3. The largest absolute Gasteiger partial charge is 0.450 e. The molecule has 0 saturated heterocycles. The summed E-state index contributed by atoms with van der Waals surface area (Å²) in [6.45, 7) is 3.96. The molecular weight excluding hydrogens is 298 g/mol. The minimum atomic E-state index is -0.140. The molecule has 2 aromatic carbocycles. The van der Waals surface area contributed by atoms with Gasteiger partial charge in [-0.25, -0.2) is 0 Å². The number of anilines is 1. The summed E-state index contributed by atoms with van der Waals surface area (Å²) in [6, 6.07) is 9.98. The fourth-order valence-electron chi connectivity index (χ4n) is 3.70. The number of ketones is 1. The molecule has 0 spiro atoms. The first-order valence-electron chi connectivity index (χ1n) is 8.50. The molecule has 0 amide bonds. The summed E-state index contributed by atoms with van der Waals surface area (Å²) < 4.78 is 5.89. The van der Waals surface area contributed by atoms with Crippen LogP contribution < -0.4 is 5.73 Å². The highest BCUT2D eigenvalue weighted by atomic mass is 16.3. The summed E-state index contributed by atoms with van der Waals surface area (Å²) in [7, 11) is 0. The maximum Gasteiger partial charge on any atom is 0.230 e. The number of benzene rings is 2. The number of furan rings is 1. The summed E-state index contributed by atoms with van der Waals surface area (Å²) in [6.07, 6.45) is 4.58. The van der Waals surface area contributed by atoms with Crippen molar-refractivity contribution in [1.82, 2.24) is 0 Å². The third-order valence-corrected chi connectivity index (χ3v) is 5.02. The number of carbonyl (C=O) groups excluding carboxylic acids is 1. The number of hydrogen-bond donors (Lipinski definition) is 1. The summed E-state index contributed by atoms with van der Waals surface area (Å²) in [5, 5.41) is 0.865. The normalized spacial score (nSPS) is 13.9. The minimum absolute atomic E-state index is 0.140. The van der Waals surface area contributed by atoms with E-state index < -0.39 is 0 Å². The number of carbonyl (C=O) groups is 1. The van der Waals surface area contributed by atoms with Gasteiger partial charge < -0.3 is 10.2 Å². The molecule has 3 heteroatoms. The van der Waals surface area contributed by atoms with E-state index in [2.05, 4.69) is 12.1 Å². The van der Waals surface area contributed by atoms with Gasteiger partial charge in [0, 0.05) is 10.9 Å². The highest BCUT2D eigenvalue weighted by molar-refractivity contribution is 6.15. The van der Waals surface area contributed by atoms with E-state index in [0.29, 0.717) is 11.3 Å². The number of rotatable bonds is 2. The first-order chi connectivity index (χ1) is 11.5. The van der Waals surface area contributed by atoms with E-state index in [9.17, 15) is 4.79 Å². The van der Waals surface area contributed by atoms with Crippen LogP contribution in [0.2, 0.25) is 0 Å². The number of nitrogens with two attached hydrogens (primary N) is 1. The van der Waals surface area contributed by atoms with Crippen LogP contribution in [0.1, 0.15) is 51.2 Å². The maximum absolute atomic E-state index is 12.9. The first kappa shape index (κ1) is 15.0. The average Bonchev–Trinajstić information content (AvgIpc) is 2.88. The van der Waals surface area contributed by atoms with Crippen molar-refractivity contribution < 1.29 is 9.21 Å². The zero-order chi connectivity index (χ0) is 16.8. The van der Waals surface area contributed by atoms with Crippen molar-refractivity contribution in [2.24, 2.45) is 0 Å². The van der Waals surface area contributed by atoms with Crippen molar-refractivity contribution in [3.05, 3.63) is 63.9 Å². The topological polar surface area (TPSA) is 56.2 Å². The first-order valence-corrected chi connectivity index (χ1v) is 8.50. The van der Waals surface area contributed by atoms with E-state index in [4.69, 9.17) is 10.2 Å². The molecular formula is C21H21NO2. The van der Waals surface area contributed by atoms with E-state index in [1.54, 1.807) is 0 Å². The van der Waals surface area contributed by atoms with Crippen molar-refractivity contribution in [1.29, 1.82) is 0 Å². The second-order valence-electron chi connectivity index (χ2n) is 6.82. The molecule has 1 heterocycles. The van der Waals surface area contributed by atoms with Gasteiger partial charge >= 0.3 is 0 Å². The molecule has 3 nitrogen and oxygen atoms in total. The molecule has 0 aliphatic heterocycles. The van der Waals surface area contributed by atoms with Crippen molar-refractivity contribution >= 4 is 22.4 Å². The van der Waals surface area contributed by atoms with Crippen LogP contribution in [0.4, 0.5) is 5.69 Å². The van der Waals surface area contributed by atoms with Gasteiger partial charge in [-0.2, -0.15) is 0 Å². The quantitative estimate of drug-likeness (QED) is 0.694. The Morgan fingerprint density at radius 1 is 1.04 bits per heavy atom. The van der Waals surface area contributed by atoms with Crippen LogP contribution in [0, 0.1) is 13.8 Å². The van der Waals surface area contributed by atoms with E-state index in [-0.39, 0.29) is 11.5 Å². The van der Waals surface area contributed by atoms with Gasteiger partial charge in [-0.1, -0.05) is 23.8 Å². The lowest BCUT2D eigenvalue weighted by atomic mass is 9.90. The van der Waals surface area contributed by atoms with Gasteiger partial charge in [-0.15, -0.1) is 0 Å². The van der Waals surface area contributed by atoms with Crippen LogP contribution in [-0.2, 0) is 12.8 Å².